The second-order valence-corrected chi connectivity index (χ2v) is 10.1. The van der Waals surface area contributed by atoms with Gasteiger partial charge in [0.2, 0.25) is 5.91 Å². The number of benzene rings is 1. The van der Waals surface area contributed by atoms with Gasteiger partial charge in [0.15, 0.2) is 0 Å². The Bertz CT molecular complexity index is 1010. The summed E-state index contributed by atoms with van der Waals surface area (Å²) < 4.78 is 5.02. The standard InChI is InChI=1S/C24H32N6O3/c1-13-6-16(15-4-5-15)7-14(2)21(13)30-11-19-22(27-30)25-24(26-23(19)32)29-10-17-8-18(29)9-28(17)20(31)12-33-3/h6-7,11,15,17-18,22,24-25,27H,4-5,8-10,12H2,1-3H3,(H,26,32). The molecule has 0 spiro atoms. The van der Waals surface area contributed by atoms with E-state index in [1.54, 1.807) is 7.11 Å². The molecular formula is C24H32N6O3. The van der Waals surface area contributed by atoms with Crippen LogP contribution in [0.2, 0.25) is 0 Å². The zero-order chi connectivity index (χ0) is 22.9. The van der Waals surface area contributed by atoms with E-state index in [0.29, 0.717) is 18.0 Å². The van der Waals surface area contributed by atoms with Crippen molar-refractivity contribution in [2.75, 3.05) is 31.8 Å². The molecule has 0 radical (unpaired) electrons. The number of hydrogen-bond donors (Lipinski definition) is 3. The van der Waals surface area contributed by atoms with Crippen LogP contribution in [0, 0.1) is 13.8 Å². The summed E-state index contributed by atoms with van der Waals surface area (Å²) in [7, 11) is 1.55. The van der Waals surface area contributed by atoms with E-state index >= 15 is 0 Å². The number of anilines is 1. The van der Waals surface area contributed by atoms with Gasteiger partial charge < -0.3 is 15.0 Å². The molecule has 4 fully saturated rings. The highest BCUT2D eigenvalue weighted by molar-refractivity contribution is 5.97. The Hall–Kier alpha value is -2.46. The molecule has 2 amide bonds. The van der Waals surface area contributed by atoms with Crippen LogP contribution in [0.4, 0.5) is 5.69 Å². The summed E-state index contributed by atoms with van der Waals surface area (Å²) in [6, 6.07) is 4.99. The number of nitrogens with one attached hydrogen (secondary N) is 3. The van der Waals surface area contributed by atoms with Gasteiger partial charge in [-0.3, -0.25) is 24.8 Å². The first-order chi connectivity index (χ1) is 15.9. The minimum Gasteiger partial charge on any atom is -0.375 e. The number of piperazine rings is 1. The summed E-state index contributed by atoms with van der Waals surface area (Å²) in [6.07, 6.45) is 4.90. The van der Waals surface area contributed by atoms with Crippen molar-refractivity contribution < 1.29 is 14.3 Å². The summed E-state index contributed by atoms with van der Waals surface area (Å²) in [5.41, 5.74) is 9.15. The molecule has 176 valence electrons. The minimum atomic E-state index is -0.263. The molecule has 4 unspecified atom stereocenters. The Morgan fingerprint density at radius 1 is 1.15 bits per heavy atom. The van der Waals surface area contributed by atoms with Crippen molar-refractivity contribution in [3.05, 3.63) is 40.6 Å². The maximum atomic E-state index is 13.0. The molecule has 33 heavy (non-hydrogen) atoms. The van der Waals surface area contributed by atoms with Crippen molar-refractivity contribution in [2.45, 2.75) is 63.6 Å². The zero-order valence-corrected chi connectivity index (χ0v) is 19.4. The predicted molar refractivity (Wildman–Crippen MR) is 123 cm³/mol. The van der Waals surface area contributed by atoms with Crippen LogP contribution in [-0.4, -0.2) is 73.0 Å². The van der Waals surface area contributed by atoms with Gasteiger partial charge in [-0.05, 0) is 55.7 Å². The number of amides is 2. The summed E-state index contributed by atoms with van der Waals surface area (Å²) in [4.78, 5) is 29.5. The van der Waals surface area contributed by atoms with Crippen molar-refractivity contribution in [3.63, 3.8) is 0 Å². The fourth-order valence-corrected chi connectivity index (χ4v) is 6.04. The first-order valence-corrected chi connectivity index (χ1v) is 11.9. The second kappa shape index (κ2) is 7.80. The highest BCUT2D eigenvalue weighted by atomic mass is 16.5. The third-order valence-electron chi connectivity index (χ3n) is 7.71. The lowest BCUT2D eigenvalue weighted by Gasteiger charge is -2.42. The smallest absolute Gasteiger partial charge is 0.254 e. The molecule has 2 bridgehead atoms. The number of hydrazine groups is 1. The molecule has 9 heteroatoms. The van der Waals surface area contributed by atoms with Crippen LogP contribution in [-0.2, 0) is 14.3 Å². The molecule has 1 aromatic rings. The molecule has 1 aromatic carbocycles. The number of hydrogen-bond acceptors (Lipinski definition) is 7. The van der Waals surface area contributed by atoms with Crippen molar-refractivity contribution in [1.29, 1.82) is 0 Å². The number of fused-ring (bicyclic) bond motifs is 3. The summed E-state index contributed by atoms with van der Waals surface area (Å²) in [6.45, 7) is 5.83. The van der Waals surface area contributed by atoms with E-state index in [1.807, 2.05) is 16.1 Å². The van der Waals surface area contributed by atoms with E-state index in [0.717, 1.165) is 18.7 Å². The van der Waals surface area contributed by atoms with Gasteiger partial charge in [0.25, 0.3) is 5.91 Å². The number of methoxy groups -OCH3 is 1. The molecule has 9 nitrogen and oxygen atoms in total. The van der Waals surface area contributed by atoms with E-state index in [4.69, 9.17) is 4.74 Å². The Morgan fingerprint density at radius 3 is 2.55 bits per heavy atom. The van der Waals surface area contributed by atoms with E-state index in [2.05, 4.69) is 46.9 Å². The first-order valence-electron chi connectivity index (χ1n) is 11.9. The molecule has 4 atom stereocenters. The van der Waals surface area contributed by atoms with Gasteiger partial charge in [0.05, 0.1) is 11.3 Å². The monoisotopic (exact) mass is 452 g/mol. The third-order valence-corrected chi connectivity index (χ3v) is 7.71. The quantitative estimate of drug-likeness (QED) is 0.605. The van der Waals surface area contributed by atoms with E-state index in [1.165, 1.54) is 29.5 Å². The summed E-state index contributed by atoms with van der Waals surface area (Å²) in [5, 5.41) is 8.69. The van der Waals surface area contributed by atoms with Crippen molar-refractivity contribution >= 4 is 17.5 Å². The fraction of sp³-hybridized carbons (Fsp3) is 0.583. The molecule has 1 aliphatic carbocycles. The Kier molecular flexibility index (Phi) is 4.99. The van der Waals surface area contributed by atoms with Crippen molar-refractivity contribution in [2.24, 2.45) is 0 Å². The molecule has 0 aromatic heterocycles. The van der Waals surface area contributed by atoms with Crippen molar-refractivity contribution in [3.8, 4) is 0 Å². The summed E-state index contributed by atoms with van der Waals surface area (Å²) in [5.74, 6) is 0.703. The topological polar surface area (TPSA) is 89.2 Å². The lowest BCUT2D eigenvalue weighted by Crippen LogP contribution is -2.69. The van der Waals surface area contributed by atoms with Gasteiger partial charge in [-0.15, -0.1) is 0 Å². The highest BCUT2D eigenvalue weighted by Crippen LogP contribution is 2.42. The minimum absolute atomic E-state index is 0.0436. The molecule has 4 heterocycles. The SMILES string of the molecule is COCC(=O)N1CC2CC1CN2C1NC(=O)C2=CN(c3c(C)cc(C4CC4)cc3C)NC2N1. The van der Waals surface area contributed by atoms with Crippen LogP contribution in [0.1, 0.15) is 41.9 Å². The van der Waals surface area contributed by atoms with E-state index < -0.39 is 0 Å². The zero-order valence-electron chi connectivity index (χ0n) is 19.4. The van der Waals surface area contributed by atoms with Crippen molar-refractivity contribution in [1.82, 2.24) is 25.9 Å². The average molecular weight is 453 g/mol. The molecule has 3 saturated heterocycles. The third kappa shape index (κ3) is 3.54. The van der Waals surface area contributed by atoms with Crippen LogP contribution in [0.25, 0.3) is 0 Å². The van der Waals surface area contributed by atoms with Crippen LogP contribution >= 0.6 is 0 Å². The number of carbonyl (C=O) groups excluding carboxylic acids is 2. The van der Waals surface area contributed by atoms with E-state index in [9.17, 15) is 9.59 Å². The van der Waals surface area contributed by atoms with Gasteiger partial charge >= 0.3 is 0 Å². The second-order valence-electron chi connectivity index (χ2n) is 10.1. The molecular weight excluding hydrogens is 420 g/mol. The fourth-order valence-electron chi connectivity index (χ4n) is 6.04. The lowest BCUT2D eigenvalue weighted by atomic mass is 10.0. The first kappa shape index (κ1) is 21.1. The van der Waals surface area contributed by atoms with Crippen LogP contribution in [0.3, 0.4) is 0 Å². The normalized spacial score (nSPS) is 31.1. The Labute approximate surface area is 194 Å². The maximum absolute atomic E-state index is 13.0. The van der Waals surface area contributed by atoms with Gasteiger partial charge in [-0.25, -0.2) is 5.43 Å². The van der Waals surface area contributed by atoms with Crippen LogP contribution in [0.5, 0.6) is 0 Å². The van der Waals surface area contributed by atoms with Crippen LogP contribution in [0.15, 0.2) is 23.9 Å². The number of ether oxygens (including phenoxy) is 1. The van der Waals surface area contributed by atoms with E-state index in [-0.39, 0.29) is 43.0 Å². The molecule has 4 aliphatic heterocycles. The summed E-state index contributed by atoms with van der Waals surface area (Å²) >= 11 is 0. The van der Waals surface area contributed by atoms with Crippen LogP contribution < -0.4 is 21.1 Å². The Balaban J connectivity index is 1.15. The molecule has 3 N–H and O–H groups in total. The largest absolute Gasteiger partial charge is 0.375 e. The number of nitrogens with zero attached hydrogens (tertiary/aromatic N) is 3. The molecule has 6 rings (SSSR count). The van der Waals surface area contributed by atoms with Gasteiger partial charge in [-0.1, -0.05) is 12.1 Å². The number of carbonyl (C=O) groups is 2. The predicted octanol–water partition coefficient (Wildman–Crippen LogP) is 0.650. The average Bonchev–Trinajstić information content (AvgIpc) is 3.22. The lowest BCUT2D eigenvalue weighted by molar-refractivity contribution is -0.138. The van der Waals surface area contributed by atoms with Gasteiger partial charge in [-0.2, -0.15) is 0 Å². The highest BCUT2D eigenvalue weighted by Gasteiger charge is 2.49. The molecule has 5 aliphatic rings. The number of rotatable bonds is 5. The number of likely N-dealkylation sites (tertiary alicyclic amines) is 2. The van der Waals surface area contributed by atoms with Gasteiger partial charge in [0.1, 0.15) is 19.1 Å². The maximum Gasteiger partial charge on any atom is 0.254 e. The number of aryl methyl sites for hydroxylation is 2. The van der Waals surface area contributed by atoms with Gasteiger partial charge in [0, 0.05) is 38.5 Å². The Morgan fingerprint density at radius 2 is 1.91 bits per heavy atom. The molecule has 1 saturated carbocycles.